The van der Waals surface area contributed by atoms with Crippen LogP contribution in [0.2, 0.25) is 0 Å². The number of carbonyl (C=O) groups excluding carboxylic acids is 2. The number of rotatable bonds is 2. The second kappa shape index (κ2) is 4.88. The van der Waals surface area contributed by atoms with Gasteiger partial charge in [-0.05, 0) is 18.1 Å². The maximum Gasteiger partial charge on any atom is 0.352 e. The Morgan fingerprint density at radius 2 is 2.19 bits per heavy atom. The zero-order chi connectivity index (χ0) is 15.3. The highest BCUT2D eigenvalue weighted by Gasteiger charge is 2.51. The Kier molecular flexibility index (Phi) is 3.29. The van der Waals surface area contributed by atoms with Crippen LogP contribution >= 0.6 is 11.8 Å². The fourth-order valence-electron chi connectivity index (χ4n) is 2.74. The van der Waals surface area contributed by atoms with Crippen molar-refractivity contribution >= 4 is 29.5 Å². The minimum atomic E-state index is -1.16. The molecule has 2 amide bonds. The van der Waals surface area contributed by atoms with E-state index in [1.807, 2.05) is 0 Å². The Labute approximate surface area is 125 Å². The summed E-state index contributed by atoms with van der Waals surface area (Å²) in [5.74, 6) is -1.20. The van der Waals surface area contributed by atoms with Gasteiger partial charge in [-0.3, -0.25) is 14.5 Å². The van der Waals surface area contributed by atoms with Crippen LogP contribution in [0.5, 0.6) is 0 Å². The Hall–Kier alpha value is -1.80. The summed E-state index contributed by atoms with van der Waals surface area (Å²) in [6, 6.07) is -0.641. The van der Waals surface area contributed by atoms with Crippen molar-refractivity contribution in [2.24, 2.45) is 5.73 Å². The number of allylic oxidation sites excluding steroid dienone is 1. The number of nitrogens with zero attached hydrogens (tertiary/aromatic N) is 2. The summed E-state index contributed by atoms with van der Waals surface area (Å²) < 4.78 is 0. The van der Waals surface area contributed by atoms with E-state index in [0.717, 1.165) is 0 Å². The minimum absolute atomic E-state index is 0.0414. The summed E-state index contributed by atoms with van der Waals surface area (Å²) in [6.45, 7) is 0.629. The number of amides is 2. The molecule has 2 saturated heterocycles. The quantitative estimate of drug-likeness (QED) is 0.519. The summed E-state index contributed by atoms with van der Waals surface area (Å²) in [6.07, 6.45) is 2.21. The number of likely N-dealkylation sites (tertiary alicyclic amines) is 1. The number of carboxylic acid groups (broad SMARTS) is 1. The summed E-state index contributed by atoms with van der Waals surface area (Å²) in [4.78, 5) is 38.0. The average molecular weight is 309 g/mol. The van der Waals surface area contributed by atoms with Crippen LogP contribution in [0.25, 0.3) is 0 Å². The summed E-state index contributed by atoms with van der Waals surface area (Å²) in [5.41, 5.74) is 6.73. The maximum absolute atomic E-state index is 11.9. The number of likely N-dealkylation sites (N-methyl/N-ethyl adjacent to an activating group) is 1. The minimum Gasteiger partial charge on any atom is -0.477 e. The average Bonchev–Trinajstić information content (AvgIpc) is 2.77. The van der Waals surface area contributed by atoms with E-state index in [0.29, 0.717) is 29.9 Å². The first-order valence-corrected chi connectivity index (χ1v) is 7.59. The second-order valence-corrected chi connectivity index (χ2v) is 6.37. The smallest absolute Gasteiger partial charge is 0.352 e. The first kappa shape index (κ1) is 14.2. The van der Waals surface area contributed by atoms with Crippen LogP contribution in [0, 0.1) is 0 Å². The van der Waals surface area contributed by atoms with Gasteiger partial charge in [-0.2, -0.15) is 0 Å². The van der Waals surface area contributed by atoms with Gasteiger partial charge in [0.1, 0.15) is 17.1 Å². The topological polar surface area (TPSA) is 104 Å². The fourth-order valence-corrected chi connectivity index (χ4v) is 3.99. The van der Waals surface area contributed by atoms with Crippen molar-refractivity contribution in [3.8, 4) is 0 Å². The summed E-state index contributed by atoms with van der Waals surface area (Å²) in [7, 11) is 1.71. The van der Waals surface area contributed by atoms with Crippen LogP contribution in [0.1, 0.15) is 6.42 Å². The molecule has 0 aromatic carbocycles. The van der Waals surface area contributed by atoms with Gasteiger partial charge in [-0.1, -0.05) is 0 Å². The van der Waals surface area contributed by atoms with Gasteiger partial charge in [0.05, 0.1) is 0 Å². The molecule has 3 aliphatic heterocycles. The molecule has 2 atom stereocenters. The maximum atomic E-state index is 11.9. The molecular weight excluding hydrogens is 294 g/mol. The van der Waals surface area contributed by atoms with Crippen molar-refractivity contribution < 1.29 is 19.5 Å². The van der Waals surface area contributed by atoms with Crippen LogP contribution in [-0.2, 0) is 14.4 Å². The van der Waals surface area contributed by atoms with E-state index in [9.17, 15) is 19.5 Å². The molecule has 7 nitrogen and oxygen atoms in total. The van der Waals surface area contributed by atoms with E-state index >= 15 is 0 Å². The lowest BCUT2D eigenvalue weighted by molar-refractivity contribution is -0.147. The van der Waals surface area contributed by atoms with Gasteiger partial charge < -0.3 is 15.7 Å². The van der Waals surface area contributed by atoms with E-state index in [1.165, 1.54) is 16.7 Å². The molecule has 0 saturated carbocycles. The third-order valence-corrected chi connectivity index (χ3v) is 5.25. The largest absolute Gasteiger partial charge is 0.477 e. The molecule has 3 aliphatic rings. The number of thioether (sulfide) groups is 1. The molecule has 1 unspecified atom stereocenters. The number of hydrogen-bond donors (Lipinski definition) is 2. The van der Waals surface area contributed by atoms with Crippen LogP contribution in [-0.4, -0.2) is 63.5 Å². The van der Waals surface area contributed by atoms with Gasteiger partial charge >= 0.3 is 5.97 Å². The van der Waals surface area contributed by atoms with Gasteiger partial charge in [0.25, 0.3) is 0 Å². The van der Waals surface area contributed by atoms with Crippen molar-refractivity contribution in [3.63, 3.8) is 0 Å². The number of hydrogen-bond acceptors (Lipinski definition) is 5. The third-order valence-electron chi connectivity index (χ3n) is 3.93. The van der Waals surface area contributed by atoms with Crippen molar-refractivity contribution in [3.05, 3.63) is 22.9 Å². The number of nitrogens with two attached hydrogens (primary N) is 1. The van der Waals surface area contributed by atoms with Crippen molar-refractivity contribution in [2.45, 2.75) is 17.8 Å². The van der Waals surface area contributed by atoms with Crippen LogP contribution in [0.3, 0.4) is 0 Å². The molecular formula is C13H15N3O4S. The Balaban J connectivity index is 1.99. The number of carboxylic acids is 1. The highest BCUT2D eigenvalue weighted by molar-refractivity contribution is 8.00. The lowest BCUT2D eigenvalue weighted by Crippen LogP contribution is -2.68. The number of β-lactam (4-membered cyclic amide) rings is 1. The van der Waals surface area contributed by atoms with Crippen molar-refractivity contribution in [1.29, 1.82) is 0 Å². The van der Waals surface area contributed by atoms with Gasteiger partial charge in [0, 0.05) is 24.9 Å². The third kappa shape index (κ3) is 2.06. The molecule has 0 radical (unpaired) electrons. The van der Waals surface area contributed by atoms with E-state index in [-0.39, 0.29) is 22.9 Å². The summed E-state index contributed by atoms with van der Waals surface area (Å²) in [5, 5.41) is 9.09. The summed E-state index contributed by atoms with van der Waals surface area (Å²) >= 11 is 1.43. The van der Waals surface area contributed by atoms with Crippen LogP contribution < -0.4 is 5.73 Å². The lowest BCUT2D eigenvalue weighted by atomic mass is 10.0. The first-order valence-electron chi connectivity index (χ1n) is 6.54. The van der Waals surface area contributed by atoms with E-state index in [2.05, 4.69) is 0 Å². The molecule has 0 aromatic heterocycles. The molecule has 21 heavy (non-hydrogen) atoms. The molecule has 0 spiro atoms. The SMILES string of the molecule is CN1CC/C(=C\C2=C(C(=O)O)N3C(=O)C(N)[C@@H]3SC2)C1=O. The van der Waals surface area contributed by atoms with Crippen LogP contribution in [0.15, 0.2) is 22.9 Å². The Bertz CT molecular complexity index is 613. The van der Waals surface area contributed by atoms with Gasteiger partial charge in [-0.25, -0.2) is 4.79 Å². The lowest BCUT2D eigenvalue weighted by Gasteiger charge is -2.47. The standard InChI is InChI=1S/C13H15N3O4S/c1-15-3-2-6(10(15)17)4-7-5-21-12-8(14)11(18)16(12)9(7)13(19)20/h4,8,12H,2-3,5,14H2,1H3,(H,19,20)/b6-4+/t8?,12-/m0/s1. The molecule has 3 N–H and O–H groups in total. The highest BCUT2D eigenvalue weighted by Crippen LogP contribution is 2.40. The molecule has 0 aliphatic carbocycles. The second-order valence-electron chi connectivity index (χ2n) is 5.26. The molecule has 3 rings (SSSR count). The normalized spacial score (nSPS) is 30.9. The monoisotopic (exact) mass is 309 g/mol. The van der Waals surface area contributed by atoms with Gasteiger partial charge in [0.15, 0.2) is 0 Å². The van der Waals surface area contributed by atoms with E-state index < -0.39 is 12.0 Å². The van der Waals surface area contributed by atoms with E-state index in [4.69, 9.17) is 5.73 Å². The zero-order valence-electron chi connectivity index (χ0n) is 11.4. The van der Waals surface area contributed by atoms with E-state index in [1.54, 1.807) is 18.0 Å². The van der Waals surface area contributed by atoms with Gasteiger partial charge in [0.2, 0.25) is 11.8 Å². The number of carbonyl (C=O) groups is 3. The predicted molar refractivity (Wildman–Crippen MR) is 76.1 cm³/mol. The zero-order valence-corrected chi connectivity index (χ0v) is 12.2. The number of aliphatic carboxylic acids is 1. The fraction of sp³-hybridized carbons (Fsp3) is 0.462. The molecule has 2 fully saturated rings. The first-order chi connectivity index (χ1) is 9.91. The molecule has 8 heteroatoms. The Morgan fingerprint density at radius 3 is 2.76 bits per heavy atom. The van der Waals surface area contributed by atoms with Crippen LogP contribution in [0.4, 0.5) is 0 Å². The molecule has 0 aromatic rings. The molecule has 3 heterocycles. The molecule has 0 bridgehead atoms. The van der Waals surface area contributed by atoms with Gasteiger partial charge in [-0.15, -0.1) is 11.8 Å². The van der Waals surface area contributed by atoms with Crippen molar-refractivity contribution in [2.75, 3.05) is 19.3 Å². The number of fused-ring (bicyclic) bond motifs is 1. The predicted octanol–water partition coefficient (Wildman–Crippen LogP) is -0.644. The molecule has 112 valence electrons. The highest BCUT2D eigenvalue weighted by atomic mass is 32.2. The van der Waals surface area contributed by atoms with Crippen molar-refractivity contribution in [1.82, 2.24) is 9.80 Å². The Morgan fingerprint density at radius 1 is 1.48 bits per heavy atom.